The molecule has 0 spiro atoms. The Morgan fingerprint density at radius 3 is 2.63 bits per heavy atom. The van der Waals surface area contributed by atoms with Gasteiger partial charge in [-0.05, 0) is 36.8 Å². The Balaban J connectivity index is 2.09. The Hall–Kier alpha value is -2.55. The lowest BCUT2D eigenvalue weighted by Gasteiger charge is -2.29. The molecule has 0 bridgehead atoms. The molecule has 3 atom stereocenters. The Bertz CT molecular complexity index is 731. The van der Waals surface area contributed by atoms with Crippen molar-refractivity contribution in [3.05, 3.63) is 35.9 Å². The van der Waals surface area contributed by atoms with E-state index < -0.39 is 24.1 Å². The first kappa shape index (κ1) is 23.7. The van der Waals surface area contributed by atoms with E-state index in [0.717, 1.165) is 5.56 Å². The molecule has 1 saturated heterocycles. The number of likely N-dealkylation sites (tertiary alicyclic amines) is 1. The van der Waals surface area contributed by atoms with E-state index in [-0.39, 0.29) is 11.8 Å². The molecule has 0 aromatic heterocycles. The normalized spacial score (nSPS) is 17.7. The molecule has 1 aromatic carbocycles. The molecule has 30 heavy (non-hydrogen) atoms. The third kappa shape index (κ3) is 6.48. The number of esters is 1. The minimum atomic E-state index is -0.845. The van der Waals surface area contributed by atoms with Crippen LogP contribution >= 0.6 is 11.8 Å². The second-order valence-electron chi connectivity index (χ2n) is 7.08. The summed E-state index contributed by atoms with van der Waals surface area (Å²) in [5, 5.41) is 5.32. The maximum atomic E-state index is 13.0. The second-order valence-corrected chi connectivity index (χ2v) is 8.07. The summed E-state index contributed by atoms with van der Waals surface area (Å²) in [6, 6.07) is 7.15. The second kappa shape index (κ2) is 12.2. The minimum absolute atomic E-state index is 0.272. The third-order valence-electron chi connectivity index (χ3n) is 5.10. The van der Waals surface area contributed by atoms with Crippen molar-refractivity contribution in [2.24, 2.45) is 0 Å². The van der Waals surface area contributed by atoms with Crippen molar-refractivity contribution in [3.8, 4) is 0 Å². The van der Waals surface area contributed by atoms with Gasteiger partial charge in [-0.2, -0.15) is 11.8 Å². The number of carbonyl (C=O) groups excluding carboxylic acids is 4. The van der Waals surface area contributed by atoms with E-state index >= 15 is 0 Å². The molecule has 0 saturated carbocycles. The Morgan fingerprint density at radius 1 is 1.27 bits per heavy atom. The fourth-order valence-corrected chi connectivity index (χ4v) is 4.02. The molecule has 1 aliphatic heterocycles. The smallest absolute Gasteiger partial charge is 0.328 e. The van der Waals surface area contributed by atoms with Crippen LogP contribution in [0, 0.1) is 0 Å². The van der Waals surface area contributed by atoms with Crippen molar-refractivity contribution in [3.63, 3.8) is 0 Å². The summed E-state index contributed by atoms with van der Waals surface area (Å²) in [4.78, 5) is 50.6. The highest BCUT2D eigenvalue weighted by Gasteiger charge is 2.38. The maximum Gasteiger partial charge on any atom is 0.328 e. The van der Waals surface area contributed by atoms with Crippen LogP contribution in [0.3, 0.4) is 0 Å². The molecular formula is C21H29N3O5S. The van der Waals surface area contributed by atoms with E-state index in [0.29, 0.717) is 44.4 Å². The van der Waals surface area contributed by atoms with Crippen molar-refractivity contribution < 1.29 is 23.9 Å². The summed E-state index contributed by atoms with van der Waals surface area (Å²) in [7, 11) is 1.28. The van der Waals surface area contributed by atoms with Crippen LogP contribution < -0.4 is 10.6 Å². The highest BCUT2D eigenvalue weighted by Crippen LogP contribution is 2.20. The van der Waals surface area contributed by atoms with Gasteiger partial charge in [0.2, 0.25) is 18.2 Å². The van der Waals surface area contributed by atoms with Crippen LogP contribution in [0.15, 0.2) is 30.3 Å². The average Bonchev–Trinajstić information content (AvgIpc) is 3.26. The van der Waals surface area contributed by atoms with Gasteiger partial charge in [0.15, 0.2) is 0 Å². The number of nitrogens with zero attached hydrogens (tertiary/aromatic N) is 1. The number of methoxy groups -OCH3 is 1. The summed E-state index contributed by atoms with van der Waals surface area (Å²) in [5.74, 6) is -0.486. The number of amides is 3. The molecule has 2 rings (SSSR count). The molecule has 2 N–H and O–H groups in total. The average molecular weight is 436 g/mol. The molecule has 0 unspecified atom stereocenters. The zero-order valence-electron chi connectivity index (χ0n) is 17.3. The topological polar surface area (TPSA) is 105 Å². The van der Waals surface area contributed by atoms with Gasteiger partial charge < -0.3 is 20.3 Å². The van der Waals surface area contributed by atoms with Gasteiger partial charge in [0, 0.05) is 13.0 Å². The highest BCUT2D eigenvalue weighted by molar-refractivity contribution is 7.98. The molecule has 0 aliphatic carbocycles. The van der Waals surface area contributed by atoms with Crippen molar-refractivity contribution >= 4 is 36.0 Å². The van der Waals surface area contributed by atoms with Crippen LogP contribution in [0.2, 0.25) is 0 Å². The Kier molecular flexibility index (Phi) is 9.66. The highest BCUT2D eigenvalue weighted by atomic mass is 32.2. The number of rotatable bonds is 11. The van der Waals surface area contributed by atoms with Crippen LogP contribution in [0.1, 0.15) is 24.8 Å². The van der Waals surface area contributed by atoms with Crippen molar-refractivity contribution in [1.29, 1.82) is 0 Å². The quantitative estimate of drug-likeness (QED) is 0.393. The first-order valence-corrected chi connectivity index (χ1v) is 11.3. The van der Waals surface area contributed by atoms with E-state index in [1.54, 1.807) is 11.8 Å². The van der Waals surface area contributed by atoms with E-state index in [9.17, 15) is 19.2 Å². The first-order chi connectivity index (χ1) is 14.5. The van der Waals surface area contributed by atoms with Crippen molar-refractivity contribution in [1.82, 2.24) is 15.5 Å². The summed E-state index contributed by atoms with van der Waals surface area (Å²) < 4.78 is 4.85. The van der Waals surface area contributed by atoms with Crippen LogP contribution in [-0.4, -0.2) is 72.9 Å². The number of carbonyl (C=O) groups is 4. The van der Waals surface area contributed by atoms with Crippen LogP contribution in [0.5, 0.6) is 0 Å². The van der Waals surface area contributed by atoms with Gasteiger partial charge in [-0.25, -0.2) is 4.79 Å². The van der Waals surface area contributed by atoms with Gasteiger partial charge >= 0.3 is 5.97 Å². The lowest BCUT2D eigenvalue weighted by Crippen LogP contribution is -2.55. The SMILES string of the molecule is COC(=O)[C@H](Cc1ccccc1)NC(=O)[C@@H]1CCCN1C(=O)[C@H](CCSC)NC=O. The van der Waals surface area contributed by atoms with Crippen molar-refractivity contribution in [2.75, 3.05) is 25.7 Å². The zero-order valence-corrected chi connectivity index (χ0v) is 18.2. The standard InChI is InChI=1S/C21H29N3O5S/c1-29-21(28)17(13-15-7-4-3-5-8-15)23-19(26)18-9-6-11-24(18)20(27)16(22-14-25)10-12-30-2/h3-5,7-8,14,16-18H,6,9-13H2,1-2H3,(H,22,25)(H,23,26)/t16-,17-,18-/m0/s1. The summed E-state index contributed by atoms with van der Waals surface area (Å²) in [5.41, 5.74) is 0.889. The summed E-state index contributed by atoms with van der Waals surface area (Å²) in [6.45, 7) is 0.439. The van der Waals surface area contributed by atoms with E-state index in [1.165, 1.54) is 12.0 Å². The van der Waals surface area contributed by atoms with Crippen LogP contribution in [0.4, 0.5) is 0 Å². The summed E-state index contributed by atoms with van der Waals surface area (Å²) in [6.07, 6.45) is 4.41. The maximum absolute atomic E-state index is 13.0. The minimum Gasteiger partial charge on any atom is -0.467 e. The number of benzene rings is 1. The van der Waals surface area contributed by atoms with Gasteiger partial charge in [0.1, 0.15) is 18.1 Å². The van der Waals surface area contributed by atoms with Gasteiger partial charge in [-0.1, -0.05) is 30.3 Å². The van der Waals surface area contributed by atoms with E-state index in [2.05, 4.69) is 10.6 Å². The lowest BCUT2D eigenvalue weighted by atomic mass is 10.0. The van der Waals surface area contributed by atoms with Crippen LogP contribution in [-0.2, 0) is 30.3 Å². The van der Waals surface area contributed by atoms with Gasteiger partial charge in [0.05, 0.1) is 7.11 Å². The molecule has 1 aliphatic rings. The van der Waals surface area contributed by atoms with E-state index in [1.807, 2.05) is 36.6 Å². The van der Waals surface area contributed by atoms with Gasteiger partial charge in [-0.15, -0.1) is 0 Å². The number of nitrogens with one attached hydrogen (secondary N) is 2. The molecule has 9 heteroatoms. The number of hydrogen-bond acceptors (Lipinski definition) is 6. The lowest BCUT2D eigenvalue weighted by molar-refractivity contribution is -0.146. The number of ether oxygens (including phenoxy) is 1. The fraction of sp³-hybridized carbons (Fsp3) is 0.524. The number of hydrogen-bond donors (Lipinski definition) is 2. The Morgan fingerprint density at radius 2 is 2.00 bits per heavy atom. The molecule has 0 radical (unpaired) electrons. The molecule has 1 fully saturated rings. The van der Waals surface area contributed by atoms with Gasteiger partial charge in [-0.3, -0.25) is 14.4 Å². The Labute approximate surface area is 181 Å². The fourth-order valence-electron chi connectivity index (χ4n) is 3.55. The van der Waals surface area contributed by atoms with Gasteiger partial charge in [0.25, 0.3) is 0 Å². The first-order valence-electron chi connectivity index (χ1n) is 9.93. The van der Waals surface area contributed by atoms with E-state index in [4.69, 9.17) is 4.74 Å². The van der Waals surface area contributed by atoms with Crippen molar-refractivity contribution in [2.45, 2.75) is 43.8 Å². The zero-order chi connectivity index (χ0) is 21.9. The summed E-state index contributed by atoms with van der Waals surface area (Å²) >= 11 is 1.58. The molecule has 3 amide bonds. The predicted octanol–water partition coefficient (Wildman–Crippen LogP) is 0.746. The molecular weight excluding hydrogens is 406 g/mol. The molecule has 1 heterocycles. The third-order valence-corrected chi connectivity index (χ3v) is 5.75. The van der Waals surface area contributed by atoms with Crippen LogP contribution in [0.25, 0.3) is 0 Å². The molecule has 8 nitrogen and oxygen atoms in total. The molecule has 164 valence electrons. The predicted molar refractivity (Wildman–Crippen MR) is 115 cm³/mol. The number of thioether (sulfide) groups is 1. The monoisotopic (exact) mass is 435 g/mol. The largest absolute Gasteiger partial charge is 0.467 e. The molecule has 1 aromatic rings.